The number of nitrogens with zero attached hydrogens (tertiary/aromatic N) is 1. The summed E-state index contributed by atoms with van der Waals surface area (Å²) < 4.78 is 39.7. The second kappa shape index (κ2) is 8.54. The van der Waals surface area contributed by atoms with Crippen molar-refractivity contribution in [3.8, 4) is 0 Å². The second-order valence-electron chi connectivity index (χ2n) is 8.24. The number of benzene rings is 2. The van der Waals surface area contributed by atoms with Crippen LogP contribution in [-0.2, 0) is 11.0 Å². The van der Waals surface area contributed by atoms with E-state index in [-0.39, 0.29) is 24.9 Å². The minimum atomic E-state index is -4.48. The number of carbonyl (C=O) groups excluding carboxylic acids is 2. The summed E-state index contributed by atoms with van der Waals surface area (Å²) in [6.07, 6.45) is -2.33. The van der Waals surface area contributed by atoms with Crippen LogP contribution in [0.15, 0.2) is 48.5 Å². The molecule has 1 N–H and O–H groups in total. The van der Waals surface area contributed by atoms with E-state index in [1.165, 1.54) is 11.0 Å². The molecule has 1 heterocycles. The van der Waals surface area contributed by atoms with Crippen molar-refractivity contribution in [1.82, 2.24) is 10.2 Å². The molecule has 1 aliphatic heterocycles. The van der Waals surface area contributed by atoms with Crippen molar-refractivity contribution in [2.24, 2.45) is 11.8 Å². The molecule has 4 nitrogen and oxygen atoms in total. The van der Waals surface area contributed by atoms with Gasteiger partial charge >= 0.3 is 6.18 Å². The highest BCUT2D eigenvalue weighted by Gasteiger charge is 2.42. The quantitative estimate of drug-likeness (QED) is 0.715. The molecule has 2 aromatic rings. The Balaban J connectivity index is 1.59. The molecule has 2 aromatic carbocycles. The average Bonchev–Trinajstić information content (AvgIpc) is 3.47. The molecule has 1 saturated heterocycles. The first-order valence-electron chi connectivity index (χ1n) is 10.2. The molecular weight excluding hydrogens is 429 g/mol. The van der Waals surface area contributed by atoms with Crippen molar-refractivity contribution in [2.45, 2.75) is 24.9 Å². The SMILES string of the molecule is O=C(NCC1CC1)C1CN(C(=O)c2ccc(Cl)cc2)CC1c1cccc(C(F)(F)F)c1. The highest BCUT2D eigenvalue weighted by molar-refractivity contribution is 6.30. The van der Waals surface area contributed by atoms with E-state index in [0.29, 0.717) is 28.6 Å². The Morgan fingerprint density at radius 3 is 2.42 bits per heavy atom. The van der Waals surface area contributed by atoms with Gasteiger partial charge in [-0.3, -0.25) is 9.59 Å². The summed E-state index contributed by atoms with van der Waals surface area (Å²) in [6, 6.07) is 11.5. The number of hydrogen-bond acceptors (Lipinski definition) is 2. The zero-order chi connectivity index (χ0) is 22.2. The minimum absolute atomic E-state index is 0.152. The van der Waals surface area contributed by atoms with Crippen molar-refractivity contribution >= 4 is 23.4 Å². The molecule has 1 saturated carbocycles. The number of amides is 2. The predicted octanol–water partition coefficient (Wildman–Crippen LogP) is 4.74. The molecule has 1 aliphatic carbocycles. The Labute approximate surface area is 183 Å². The Bertz CT molecular complexity index is 974. The molecule has 2 fully saturated rings. The summed E-state index contributed by atoms with van der Waals surface area (Å²) >= 11 is 5.89. The van der Waals surface area contributed by atoms with Crippen LogP contribution in [0.3, 0.4) is 0 Å². The summed E-state index contributed by atoms with van der Waals surface area (Å²) in [5.41, 5.74) is 0.0728. The fourth-order valence-corrected chi connectivity index (χ4v) is 4.12. The molecule has 2 unspecified atom stereocenters. The fourth-order valence-electron chi connectivity index (χ4n) is 3.99. The third kappa shape index (κ3) is 5.03. The van der Waals surface area contributed by atoms with E-state index >= 15 is 0 Å². The summed E-state index contributed by atoms with van der Waals surface area (Å²) in [7, 11) is 0. The van der Waals surface area contributed by atoms with Crippen LogP contribution in [0.5, 0.6) is 0 Å². The van der Waals surface area contributed by atoms with Crippen molar-refractivity contribution in [1.29, 1.82) is 0 Å². The largest absolute Gasteiger partial charge is 0.416 e. The van der Waals surface area contributed by atoms with Gasteiger partial charge in [-0.15, -0.1) is 0 Å². The number of halogens is 4. The maximum atomic E-state index is 13.2. The lowest BCUT2D eigenvalue weighted by molar-refractivity contribution is -0.137. The topological polar surface area (TPSA) is 49.4 Å². The maximum Gasteiger partial charge on any atom is 0.416 e. The lowest BCUT2D eigenvalue weighted by atomic mass is 9.87. The van der Waals surface area contributed by atoms with Crippen LogP contribution in [0, 0.1) is 11.8 Å². The molecule has 8 heteroatoms. The van der Waals surface area contributed by atoms with Crippen molar-refractivity contribution < 1.29 is 22.8 Å². The zero-order valence-corrected chi connectivity index (χ0v) is 17.4. The van der Waals surface area contributed by atoms with Crippen molar-refractivity contribution in [3.63, 3.8) is 0 Å². The van der Waals surface area contributed by atoms with Crippen LogP contribution in [-0.4, -0.2) is 36.3 Å². The Kier molecular flexibility index (Phi) is 5.97. The van der Waals surface area contributed by atoms with Gasteiger partial charge in [0, 0.05) is 36.1 Å². The molecule has 31 heavy (non-hydrogen) atoms. The Morgan fingerprint density at radius 1 is 1.06 bits per heavy atom. The van der Waals surface area contributed by atoms with E-state index in [1.807, 2.05) is 0 Å². The number of nitrogens with one attached hydrogen (secondary N) is 1. The van der Waals surface area contributed by atoms with Gasteiger partial charge < -0.3 is 10.2 Å². The van der Waals surface area contributed by atoms with Crippen LogP contribution < -0.4 is 5.32 Å². The highest BCUT2D eigenvalue weighted by Crippen LogP contribution is 2.37. The number of alkyl halides is 3. The van der Waals surface area contributed by atoms with Crippen LogP contribution in [0.1, 0.15) is 40.2 Å². The fraction of sp³-hybridized carbons (Fsp3) is 0.391. The van der Waals surface area contributed by atoms with Gasteiger partial charge in [-0.25, -0.2) is 0 Å². The van der Waals surface area contributed by atoms with E-state index in [1.54, 1.807) is 30.3 Å². The van der Waals surface area contributed by atoms with Crippen LogP contribution in [0.2, 0.25) is 5.02 Å². The summed E-state index contributed by atoms with van der Waals surface area (Å²) in [5, 5.41) is 3.42. The third-order valence-electron chi connectivity index (χ3n) is 5.94. The predicted molar refractivity (Wildman–Crippen MR) is 111 cm³/mol. The molecule has 4 rings (SSSR count). The van der Waals surface area contributed by atoms with Crippen LogP contribution >= 0.6 is 11.6 Å². The van der Waals surface area contributed by atoms with E-state index in [9.17, 15) is 22.8 Å². The van der Waals surface area contributed by atoms with E-state index in [2.05, 4.69) is 5.32 Å². The van der Waals surface area contributed by atoms with Gasteiger partial charge in [-0.05, 0) is 54.7 Å². The number of likely N-dealkylation sites (tertiary alicyclic amines) is 1. The van der Waals surface area contributed by atoms with Crippen LogP contribution in [0.4, 0.5) is 13.2 Å². The summed E-state index contributed by atoms with van der Waals surface area (Å²) in [4.78, 5) is 27.4. The number of rotatable bonds is 5. The molecule has 164 valence electrons. The Morgan fingerprint density at radius 2 is 1.77 bits per heavy atom. The lowest BCUT2D eigenvalue weighted by Crippen LogP contribution is -2.36. The van der Waals surface area contributed by atoms with Crippen molar-refractivity contribution in [3.05, 3.63) is 70.2 Å². The van der Waals surface area contributed by atoms with Gasteiger partial charge in [-0.1, -0.05) is 29.8 Å². The molecule has 2 amide bonds. The summed E-state index contributed by atoms with van der Waals surface area (Å²) in [6.45, 7) is 0.888. The van der Waals surface area contributed by atoms with Gasteiger partial charge in [0.25, 0.3) is 5.91 Å². The molecule has 0 aromatic heterocycles. The molecule has 2 atom stereocenters. The van der Waals surface area contributed by atoms with Gasteiger partial charge in [-0.2, -0.15) is 13.2 Å². The number of carbonyl (C=O) groups is 2. The zero-order valence-electron chi connectivity index (χ0n) is 16.7. The van der Waals surface area contributed by atoms with Gasteiger partial charge in [0.2, 0.25) is 5.91 Å². The first kappa shape index (κ1) is 21.7. The first-order valence-corrected chi connectivity index (χ1v) is 10.6. The summed E-state index contributed by atoms with van der Waals surface area (Å²) in [5.74, 6) is -1.15. The Hall–Kier alpha value is -2.54. The van der Waals surface area contributed by atoms with Crippen LogP contribution in [0.25, 0.3) is 0 Å². The highest BCUT2D eigenvalue weighted by atomic mass is 35.5. The van der Waals surface area contributed by atoms with E-state index < -0.39 is 23.6 Å². The molecule has 0 bridgehead atoms. The van der Waals surface area contributed by atoms with Gasteiger partial charge in [0.05, 0.1) is 11.5 Å². The lowest BCUT2D eigenvalue weighted by Gasteiger charge is -2.19. The normalized spacial score (nSPS) is 21.2. The average molecular weight is 451 g/mol. The first-order chi connectivity index (χ1) is 14.7. The second-order valence-corrected chi connectivity index (χ2v) is 8.68. The van der Waals surface area contributed by atoms with Gasteiger partial charge in [0.1, 0.15) is 0 Å². The molecule has 2 aliphatic rings. The number of hydrogen-bond donors (Lipinski definition) is 1. The van der Waals surface area contributed by atoms with E-state index in [4.69, 9.17) is 11.6 Å². The minimum Gasteiger partial charge on any atom is -0.356 e. The third-order valence-corrected chi connectivity index (χ3v) is 6.19. The van der Waals surface area contributed by atoms with E-state index in [0.717, 1.165) is 25.0 Å². The molecule has 0 radical (unpaired) electrons. The molecular formula is C23H22ClF3N2O2. The monoisotopic (exact) mass is 450 g/mol. The maximum absolute atomic E-state index is 13.2. The molecule has 0 spiro atoms. The van der Waals surface area contributed by atoms with Crippen molar-refractivity contribution in [2.75, 3.05) is 19.6 Å². The van der Waals surface area contributed by atoms with Gasteiger partial charge in [0.15, 0.2) is 0 Å². The standard InChI is InChI=1S/C23H22ClF3N2O2/c24-18-8-6-15(7-9-18)22(31)29-12-19(16-2-1-3-17(10-16)23(25,26)27)20(13-29)21(30)28-11-14-4-5-14/h1-3,6-10,14,19-20H,4-5,11-13H2,(H,28,30). The smallest absolute Gasteiger partial charge is 0.356 e.